The number of carbonyl (C=O) groups excluding carboxylic acids is 2. The highest BCUT2D eigenvalue weighted by molar-refractivity contribution is 7.20. The number of rotatable bonds is 5. The number of thiophene rings is 1. The molecule has 1 aromatic heterocycles. The Balaban J connectivity index is 1.69. The highest BCUT2D eigenvalue weighted by Gasteiger charge is 2.18. The first kappa shape index (κ1) is 18.5. The topological polar surface area (TPSA) is 92.6 Å². The monoisotopic (exact) mass is 387 g/mol. The van der Waals surface area contributed by atoms with E-state index in [1.165, 1.54) is 59.7 Å². The number of nitrogens with zero attached hydrogens (tertiary/aromatic N) is 2. The number of benzene rings is 2. The third-order valence-electron chi connectivity index (χ3n) is 3.78. The van der Waals surface area contributed by atoms with Crippen LogP contribution in [0.15, 0.2) is 48.5 Å². The van der Waals surface area contributed by atoms with Crippen molar-refractivity contribution in [3.8, 4) is 0 Å². The molecule has 0 atom stereocenters. The predicted octanol–water partition coefficient (Wildman–Crippen LogP) is 3.66. The van der Waals surface area contributed by atoms with E-state index >= 15 is 0 Å². The Labute approximate surface area is 157 Å². The Hall–Kier alpha value is -3.33. The summed E-state index contributed by atoms with van der Waals surface area (Å²) in [7, 11) is 1.49. The van der Waals surface area contributed by atoms with Crippen molar-refractivity contribution in [2.45, 2.75) is 0 Å². The molecule has 0 aliphatic carbocycles. The minimum atomic E-state index is -0.496. The van der Waals surface area contributed by atoms with E-state index in [-0.39, 0.29) is 18.1 Å². The lowest BCUT2D eigenvalue weighted by molar-refractivity contribution is -0.384. The van der Waals surface area contributed by atoms with Gasteiger partial charge in [0, 0.05) is 35.0 Å². The van der Waals surface area contributed by atoms with Crippen LogP contribution in [0.5, 0.6) is 0 Å². The van der Waals surface area contributed by atoms with E-state index in [1.807, 2.05) is 0 Å². The van der Waals surface area contributed by atoms with E-state index in [9.17, 15) is 24.1 Å². The zero-order valence-corrected chi connectivity index (χ0v) is 15.0. The van der Waals surface area contributed by atoms with Crippen LogP contribution in [0.4, 0.5) is 15.8 Å². The Kier molecular flexibility index (Phi) is 5.13. The summed E-state index contributed by atoms with van der Waals surface area (Å²) in [6.45, 7) is -0.190. The summed E-state index contributed by atoms with van der Waals surface area (Å²) in [5.41, 5.74) is 0.378. The molecule has 0 saturated carbocycles. The van der Waals surface area contributed by atoms with E-state index in [2.05, 4.69) is 5.32 Å². The van der Waals surface area contributed by atoms with Gasteiger partial charge in [0.25, 0.3) is 11.6 Å². The van der Waals surface area contributed by atoms with Crippen molar-refractivity contribution in [1.29, 1.82) is 0 Å². The number of anilines is 1. The van der Waals surface area contributed by atoms with Gasteiger partial charge in [-0.25, -0.2) is 4.39 Å². The van der Waals surface area contributed by atoms with E-state index in [0.717, 1.165) is 4.70 Å². The number of nitro groups is 1. The number of hydrogen-bond donors (Lipinski definition) is 1. The molecule has 1 heterocycles. The maximum atomic E-state index is 12.9. The molecule has 0 saturated heterocycles. The summed E-state index contributed by atoms with van der Waals surface area (Å²) < 4.78 is 13.6. The second-order valence-electron chi connectivity index (χ2n) is 5.81. The normalized spacial score (nSPS) is 10.6. The van der Waals surface area contributed by atoms with Crippen molar-refractivity contribution in [1.82, 2.24) is 4.90 Å². The first-order valence-corrected chi connectivity index (χ1v) is 8.64. The molecule has 0 radical (unpaired) electrons. The van der Waals surface area contributed by atoms with Crippen LogP contribution >= 0.6 is 11.3 Å². The highest BCUT2D eigenvalue weighted by Crippen LogP contribution is 2.29. The Morgan fingerprint density at radius 1 is 1.19 bits per heavy atom. The second-order valence-corrected chi connectivity index (χ2v) is 6.89. The number of nitrogens with one attached hydrogen (secondary N) is 1. The van der Waals surface area contributed by atoms with Crippen LogP contribution in [0.2, 0.25) is 0 Å². The molecule has 0 bridgehead atoms. The largest absolute Gasteiger partial charge is 0.332 e. The second kappa shape index (κ2) is 7.50. The number of nitro benzene ring substituents is 1. The van der Waals surface area contributed by atoms with Crippen LogP contribution in [0.3, 0.4) is 0 Å². The fourth-order valence-electron chi connectivity index (χ4n) is 2.46. The Morgan fingerprint density at radius 3 is 2.56 bits per heavy atom. The van der Waals surface area contributed by atoms with Gasteiger partial charge in [0.1, 0.15) is 5.82 Å². The van der Waals surface area contributed by atoms with Gasteiger partial charge in [0.15, 0.2) is 0 Å². The minimum Gasteiger partial charge on any atom is -0.332 e. The fraction of sp³-hybridized carbons (Fsp3) is 0.111. The molecule has 3 aromatic rings. The lowest BCUT2D eigenvalue weighted by Gasteiger charge is -2.15. The SMILES string of the molecule is CN(CC(=O)Nc1ccc(F)cc1)C(=O)c1cc2cc([N+](=O)[O-])ccc2s1. The van der Waals surface area contributed by atoms with Crippen LogP contribution in [-0.2, 0) is 4.79 Å². The fourth-order valence-corrected chi connectivity index (χ4v) is 3.50. The molecule has 0 spiro atoms. The Morgan fingerprint density at radius 2 is 1.89 bits per heavy atom. The molecule has 3 rings (SSSR count). The van der Waals surface area contributed by atoms with Gasteiger partial charge in [-0.1, -0.05) is 0 Å². The molecular weight excluding hydrogens is 373 g/mol. The molecule has 2 amide bonds. The molecule has 2 aromatic carbocycles. The zero-order valence-electron chi connectivity index (χ0n) is 14.1. The van der Waals surface area contributed by atoms with Crippen LogP contribution in [0, 0.1) is 15.9 Å². The van der Waals surface area contributed by atoms with Crippen molar-refractivity contribution < 1.29 is 18.9 Å². The lowest BCUT2D eigenvalue weighted by atomic mass is 10.2. The Bertz CT molecular complexity index is 1030. The number of halogens is 1. The van der Waals surface area contributed by atoms with Gasteiger partial charge in [-0.05, 0) is 36.4 Å². The number of amides is 2. The zero-order chi connectivity index (χ0) is 19.6. The number of carbonyl (C=O) groups is 2. The van der Waals surface area contributed by atoms with E-state index in [4.69, 9.17) is 0 Å². The average molecular weight is 387 g/mol. The molecule has 9 heteroatoms. The van der Waals surface area contributed by atoms with Crippen molar-refractivity contribution in [2.75, 3.05) is 18.9 Å². The molecule has 0 unspecified atom stereocenters. The van der Waals surface area contributed by atoms with Crippen molar-refractivity contribution >= 4 is 44.6 Å². The van der Waals surface area contributed by atoms with Crippen LogP contribution in [0.1, 0.15) is 9.67 Å². The number of non-ortho nitro benzene ring substituents is 1. The molecule has 7 nitrogen and oxygen atoms in total. The van der Waals surface area contributed by atoms with Gasteiger partial charge in [-0.2, -0.15) is 0 Å². The first-order valence-electron chi connectivity index (χ1n) is 7.82. The molecular formula is C18H14FN3O4S. The summed E-state index contributed by atoms with van der Waals surface area (Å²) in [5.74, 6) is -1.20. The van der Waals surface area contributed by atoms with Crippen LogP contribution in [0.25, 0.3) is 10.1 Å². The van der Waals surface area contributed by atoms with E-state index in [1.54, 1.807) is 12.1 Å². The lowest BCUT2D eigenvalue weighted by Crippen LogP contribution is -2.34. The van der Waals surface area contributed by atoms with Gasteiger partial charge in [-0.15, -0.1) is 11.3 Å². The quantitative estimate of drug-likeness (QED) is 0.534. The molecule has 0 aliphatic heterocycles. The number of fused-ring (bicyclic) bond motifs is 1. The van der Waals surface area contributed by atoms with Crippen molar-refractivity contribution in [3.63, 3.8) is 0 Å². The van der Waals surface area contributed by atoms with Crippen molar-refractivity contribution in [2.24, 2.45) is 0 Å². The van der Waals surface area contributed by atoms with Gasteiger partial charge in [0.05, 0.1) is 16.3 Å². The molecule has 1 N–H and O–H groups in total. The molecule has 138 valence electrons. The van der Waals surface area contributed by atoms with Crippen molar-refractivity contribution in [3.05, 3.63) is 69.3 Å². The summed E-state index contributed by atoms with van der Waals surface area (Å²) in [6, 6.07) is 11.3. The van der Waals surface area contributed by atoms with E-state index in [0.29, 0.717) is 16.0 Å². The maximum Gasteiger partial charge on any atom is 0.270 e. The third-order valence-corrected chi connectivity index (χ3v) is 4.88. The van der Waals surface area contributed by atoms with Crippen LogP contribution < -0.4 is 5.32 Å². The third kappa shape index (κ3) is 4.26. The van der Waals surface area contributed by atoms with Gasteiger partial charge < -0.3 is 10.2 Å². The molecule has 27 heavy (non-hydrogen) atoms. The first-order chi connectivity index (χ1) is 12.8. The standard InChI is InChI=1S/C18H14FN3O4S/c1-21(10-17(23)20-13-4-2-12(19)3-5-13)18(24)16-9-11-8-14(22(25)26)6-7-15(11)27-16/h2-9H,10H2,1H3,(H,20,23). The van der Waals surface area contributed by atoms with E-state index < -0.39 is 16.6 Å². The predicted molar refractivity (Wildman–Crippen MR) is 100 cm³/mol. The molecule has 0 aliphatic rings. The van der Waals surface area contributed by atoms with Gasteiger partial charge >= 0.3 is 0 Å². The highest BCUT2D eigenvalue weighted by atomic mass is 32.1. The summed E-state index contributed by atoms with van der Waals surface area (Å²) >= 11 is 1.20. The molecule has 0 fully saturated rings. The average Bonchev–Trinajstić information content (AvgIpc) is 3.06. The summed E-state index contributed by atoms with van der Waals surface area (Å²) in [5, 5.41) is 14.0. The number of hydrogen-bond acceptors (Lipinski definition) is 5. The van der Waals surface area contributed by atoms with Gasteiger partial charge in [0.2, 0.25) is 5.91 Å². The van der Waals surface area contributed by atoms with Gasteiger partial charge in [-0.3, -0.25) is 19.7 Å². The number of likely N-dealkylation sites (N-methyl/N-ethyl adjacent to an activating group) is 1. The summed E-state index contributed by atoms with van der Waals surface area (Å²) in [4.78, 5) is 36.6. The minimum absolute atomic E-state index is 0.0497. The smallest absolute Gasteiger partial charge is 0.270 e. The summed E-state index contributed by atoms with van der Waals surface area (Å²) in [6.07, 6.45) is 0. The maximum absolute atomic E-state index is 12.9. The van der Waals surface area contributed by atoms with Crippen LogP contribution in [-0.4, -0.2) is 35.2 Å².